The molecule has 3 heterocycles. The number of phenols is 2. The van der Waals surface area contributed by atoms with E-state index in [1.165, 1.54) is 18.2 Å². The molecule has 0 radical (unpaired) electrons. The number of aliphatic hydroxyl groups is 8. The maximum Gasteiger partial charge on any atom is 0.317 e. The number of phenolic OH excluding ortho intramolecular Hbond substituents is 2. The average molecular weight is 713 g/mol. The summed E-state index contributed by atoms with van der Waals surface area (Å²) in [6.07, 6.45) is -16.4. The summed E-state index contributed by atoms with van der Waals surface area (Å²) in [5.41, 5.74) is 0.164. The number of carbonyl (C=O) groups is 2. The van der Waals surface area contributed by atoms with Gasteiger partial charge in [-0.15, -0.1) is 0 Å². The van der Waals surface area contributed by atoms with Gasteiger partial charge in [0, 0.05) is 23.3 Å². The van der Waals surface area contributed by atoms with E-state index in [-0.39, 0.29) is 28.4 Å². The normalized spacial score (nSPS) is 34.0. The summed E-state index contributed by atoms with van der Waals surface area (Å²) >= 11 is 0. The Morgan fingerprint density at radius 3 is 2.22 bits per heavy atom. The van der Waals surface area contributed by atoms with Gasteiger partial charge in [0.05, 0.1) is 13.7 Å². The third kappa shape index (κ3) is 7.65. The van der Waals surface area contributed by atoms with Crippen molar-refractivity contribution in [3.8, 4) is 11.5 Å². The molecule has 19 nitrogen and oxygen atoms in total. The molecule has 2 saturated heterocycles. The lowest BCUT2D eigenvalue weighted by Crippen LogP contribution is -2.64. The molecule has 1 aromatic rings. The van der Waals surface area contributed by atoms with E-state index in [0.29, 0.717) is 0 Å². The standard InChI is InChI=1S/C31H36O19/c1-44-21(37)8-22(38)45-10-20-24(40)29(50-30-26(42)25(41)23(39)19(9-32)48-30)27(43)31(49-20)47-18-7-13-15(35)5-12(33)6-17(13)46-28(18)11-2-3-14(34)16(36)4-11/h2-7,17,19-20,23-27,29-36,39-43H,8-10H2,1H3. The van der Waals surface area contributed by atoms with E-state index in [0.717, 1.165) is 25.3 Å². The minimum absolute atomic E-state index is 0.0669. The van der Waals surface area contributed by atoms with Crippen LogP contribution in [0, 0.1) is 0 Å². The number of hydrogen-bond donors (Lipinski definition) is 10. The van der Waals surface area contributed by atoms with E-state index >= 15 is 0 Å². The largest absolute Gasteiger partial charge is 0.508 e. The second-order valence-electron chi connectivity index (χ2n) is 11.5. The molecule has 2 fully saturated rings. The van der Waals surface area contributed by atoms with E-state index in [9.17, 15) is 60.7 Å². The summed E-state index contributed by atoms with van der Waals surface area (Å²) in [6, 6.07) is 3.56. The van der Waals surface area contributed by atoms with Crippen molar-refractivity contribution in [3.63, 3.8) is 0 Å². The monoisotopic (exact) mass is 712 g/mol. The zero-order chi connectivity index (χ0) is 36.4. The molecule has 11 atom stereocenters. The average Bonchev–Trinajstić information content (AvgIpc) is 3.08. The molecule has 10 N–H and O–H groups in total. The number of hydrogen-bond acceptors (Lipinski definition) is 19. The second kappa shape index (κ2) is 15.2. The van der Waals surface area contributed by atoms with Gasteiger partial charge in [-0.2, -0.15) is 0 Å². The summed E-state index contributed by atoms with van der Waals surface area (Å²) in [5.74, 6) is -4.23. The molecule has 274 valence electrons. The minimum Gasteiger partial charge on any atom is -0.508 e. The number of allylic oxidation sites excluding steroid dienone is 2. The Morgan fingerprint density at radius 2 is 1.54 bits per heavy atom. The van der Waals surface area contributed by atoms with Gasteiger partial charge < -0.3 is 84.2 Å². The lowest BCUT2D eigenvalue weighted by Gasteiger charge is -2.46. The van der Waals surface area contributed by atoms with Gasteiger partial charge in [0.1, 0.15) is 79.5 Å². The first-order chi connectivity index (χ1) is 23.7. The molecule has 0 aromatic heterocycles. The van der Waals surface area contributed by atoms with Crippen molar-refractivity contribution >= 4 is 17.7 Å². The number of rotatable bonds is 10. The summed E-state index contributed by atoms with van der Waals surface area (Å²) < 4.78 is 38.3. The lowest BCUT2D eigenvalue weighted by molar-refractivity contribution is -0.356. The Balaban J connectivity index is 1.49. The first kappa shape index (κ1) is 36.8. The van der Waals surface area contributed by atoms with Gasteiger partial charge in [0.15, 0.2) is 29.3 Å². The predicted molar refractivity (Wildman–Crippen MR) is 159 cm³/mol. The summed E-state index contributed by atoms with van der Waals surface area (Å²) in [4.78, 5) is 23.7. The van der Waals surface area contributed by atoms with Crippen LogP contribution >= 0.6 is 0 Å². The van der Waals surface area contributed by atoms with Crippen LogP contribution in [0.4, 0.5) is 0 Å². The highest BCUT2D eigenvalue weighted by atomic mass is 16.7. The quantitative estimate of drug-likeness (QED) is 0.0696. The van der Waals surface area contributed by atoms with Crippen molar-refractivity contribution in [2.75, 3.05) is 20.3 Å². The summed E-state index contributed by atoms with van der Waals surface area (Å²) in [7, 11) is 1.05. The van der Waals surface area contributed by atoms with Crippen molar-refractivity contribution in [1.29, 1.82) is 0 Å². The third-order valence-corrected chi connectivity index (χ3v) is 8.15. The fourth-order valence-electron chi connectivity index (χ4n) is 5.44. The van der Waals surface area contributed by atoms with E-state index < -0.39 is 116 Å². The highest BCUT2D eigenvalue weighted by molar-refractivity contribution is 5.91. The molecule has 1 aliphatic carbocycles. The molecule has 0 saturated carbocycles. The zero-order valence-corrected chi connectivity index (χ0v) is 26.1. The number of aromatic hydroxyl groups is 2. The van der Waals surface area contributed by atoms with Crippen molar-refractivity contribution in [3.05, 3.63) is 64.8 Å². The van der Waals surface area contributed by atoms with Crippen molar-refractivity contribution in [1.82, 2.24) is 0 Å². The number of aliphatic hydroxyl groups excluding tert-OH is 8. The molecule has 0 bridgehead atoms. The number of methoxy groups -OCH3 is 1. The van der Waals surface area contributed by atoms with E-state index in [2.05, 4.69) is 4.74 Å². The molecule has 3 aliphatic heterocycles. The molecule has 5 rings (SSSR count). The van der Waals surface area contributed by atoms with Gasteiger partial charge in [-0.25, -0.2) is 0 Å². The van der Waals surface area contributed by atoms with Crippen LogP contribution < -0.4 is 0 Å². The molecule has 4 aliphatic rings. The van der Waals surface area contributed by atoms with E-state index in [1.807, 2.05) is 0 Å². The molecule has 50 heavy (non-hydrogen) atoms. The fourth-order valence-corrected chi connectivity index (χ4v) is 5.44. The number of ether oxygens (including phenoxy) is 7. The van der Waals surface area contributed by atoms with Crippen LogP contribution in [-0.2, 0) is 42.7 Å². The van der Waals surface area contributed by atoms with Gasteiger partial charge in [-0.1, -0.05) is 0 Å². The molecule has 19 heteroatoms. The number of benzene rings is 1. The van der Waals surface area contributed by atoms with E-state index in [1.54, 1.807) is 0 Å². The number of esters is 2. The second-order valence-corrected chi connectivity index (χ2v) is 11.5. The van der Waals surface area contributed by atoms with Gasteiger partial charge in [-0.3, -0.25) is 9.59 Å². The van der Waals surface area contributed by atoms with Gasteiger partial charge >= 0.3 is 11.9 Å². The fraction of sp³-hybridized carbons (Fsp3) is 0.484. The Kier molecular flexibility index (Phi) is 11.2. The Morgan fingerprint density at radius 1 is 0.820 bits per heavy atom. The topological polar surface area (TPSA) is 301 Å². The van der Waals surface area contributed by atoms with Gasteiger partial charge in [0.2, 0.25) is 6.29 Å². The lowest BCUT2D eigenvalue weighted by atomic mass is 9.96. The first-order valence-corrected chi connectivity index (χ1v) is 15.1. The highest BCUT2D eigenvalue weighted by Gasteiger charge is 2.52. The number of carbonyl (C=O) groups excluding carboxylic acids is 2. The molecule has 1 aromatic carbocycles. The first-order valence-electron chi connectivity index (χ1n) is 15.1. The summed E-state index contributed by atoms with van der Waals surface area (Å²) in [5, 5.41) is 104. The molecule has 11 unspecified atom stereocenters. The molecular formula is C31H36O19. The van der Waals surface area contributed by atoms with Crippen LogP contribution in [0.25, 0.3) is 5.76 Å². The number of fused-ring (bicyclic) bond motifs is 1. The van der Waals surface area contributed by atoms with Crippen molar-refractivity contribution < 1.29 is 93.8 Å². The van der Waals surface area contributed by atoms with E-state index in [4.69, 9.17) is 28.4 Å². The Bertz CT molecular complexity index is 1560. The predicted octanol–water partition coefficient (Wildman–Crippen LogP) is -2.26. The Labute approximate surface area is 282 Å². The van der Waals surface area contributed by atoms with Crippen LogP contribution in [-0.4, -0.2) is 151 Å². The maximum absolute atomic E-state index is 12.2. The highest BCUT2D eigenvalue weighted by Crippen LogP contribution is 2.40. The zero-order valence-electron chi connectivity index (χ0n) is 26.1. The minimum atomic E-state index is -2.00. The molecule has 0 amide bonds. The molecular weight excluding hydrogens is 676 g/mol. The van der Waals surface area contributed by atoms with Gasteiger partial charge in [0.25, 0.3) is 0 Å². The smallest absolute Gasteiger partial charge is 0.317 e. The van der Waals surface area contributed by atoms with Crippen LogP contribution in [0.5, 0.6) is 11.5 Å². The molecule has 0 spiro atoms. The van der Waals surface area contributed by atoms with Crippen molar-refractivity contribution in [2.45, 2.75) is 73.9 Å². The third-order valence-electron chi connectivity index (χ3n) is 8.15. The maximum atomic E-state index is 12.2. The van der Waals surface area contributed by atoms with Crippen LogP contribution in [0.15, 0.2) is 59.3 Å². The van der Waals surface area contributed by atoms with Crippen molar-refractivity contribution in [2.24, 2.45) is 0 Å². The summed E-state index contributed by atoms with van der Waals surface area (Å²) in [6.45, 7) is -1.58. The Hall–Kier alpha value is -4.44. The van der Waals surface area contributed by atoms with Crippen LogP contribution in [0.2, 0.25) is 0 Å². The van der Waals surface area contributed by atoms with Crippen LogP contribution in [0.1, 0.15) is 12.0 Å². The SMILES string of the molecule is COC(=O)CC(=O)OCC1OC(OC2=C(c3ccc(O)c(O)c3)OC3C=C(O)C=C(O)C3=C2)C(O)C(OC2OC(CO)C(O)C(O)C2O)C1O. The van der Waals surface area contributed by atoms with Crippen LogP contribution in [0.3, 0.4) is 0 Å². The van der Waals surface area contributed by atoms with Gasteiger partial charge in [-0.05, 0) is 24.3 Å².